The molecule has 0 atom stereocenters. The highest BCUT2D eigenvalue weighted by molar-refractivity contribution is 7.09. The fourth-order valence-corrected chi connectivity index (χ4v) is 3.54. The molecule has 0 radical (unpaired) electrons. The molecule has 2 heterocycles. The normalized spacial score (nSPS) is 10.8. The van der Waals surface area contributed by atoms with E-state index in [4.69, 9.17) is 9.47 Å². The molecule has 2 aromatic heterocycles. The topological polar surface area (TPSA) is 61.3 Å². The molecule has 0 aliphatic rings. The van der Waals surface area contributed by atoms with Gasteiger partial charge in [0.05, 0.1) is 16.8 Å². The Morgan fingerprint density at radius 1 is 1.07 bits per heavy atom. The third-order valence-electron chi connectivity index (χ3n) is 4.19. The number of pyridine rings is 1. The SMILES string of the molecule is Cc1cc(C(=O)OCc2csc(COc3ccc(F)cc3)n2)c2ccccc2n1. The summed E-state index contributed by atoms with van der Waals surface area (Å²) in [5.74, 6) is -0.161. The zero-order valence-electron chi connectivity index (χ0n) is 15.6. The van der Waals surface area contributed by atoms with Crippen LogP contribution in [0.25, 0.3) is 10.9 Å². The molecule has 0 spiro atoms. The first-order valence-electron chi connectivity index (χ1n) is 8.93. The Kier molecular flexibility index (Phi) is 5.48. The van der Waals surface area contributed by atoms with Crippen LogP contribution in [0.2, 0.25) is 0 Å². The van der Waals surface area contributed by atoms with E-state index in [1.165, 1.54) is 23.5 Å². The van der Waals surface area contributed by atoms with Crippen LogP contribution in [0.3, 0.4) is 0 Å². The van der Waals surface area contributed by atoms with E-state index in [-0.39, 0.29) is 19.0 Å². The van der Waals surface area contributed by atoms with Crippen molar-refractivity contribution in [2.45, 2.75) is 20.1 Å². The van der Waals surface area contributed by atoms with E-state index < -0.39 is 5.97 Å². The largest absolute Gasteiger partial charge is 0.486 e. The first-order chi connectivity index (χ1) is 14.1. The van der Waals surface area contributed by atoms with Crippen LogP contribution in [0, 0.1) is 12.7 Å². The van der Waals surface area contributed by atoms with Gasteiger partial charge in [-0.05, 0) is 43.3 Å². The van der Waals surface area contributed by atoms with Gasteiger partial charge in [0, 0.05) is 16.5 Å². The average molecular weight is 408 g/mol. The summed E-state index contributed by atoms with van der Waals surface area (Å²) in [7, 11) is 0. The fraction of sp³-hybridized carbons (Fsp3) is 0.136. The second kappa shape index (κ2) is 8.36. The molecule has 0 unspecified atom stereocenters. The minimum absolute atomic E-state index is 0.0710. The second-order valence-electron chi connectivity index (χ2n) is 6.38. The number of rotatable bonds is 6. The lowest BCUT2D eigenvalue weighted by Crippen LogP contribution is -2.07. The number of para-hydroxylation sites is 1. The summed E-state index contributed by atoms with van der Waals surface area (Å²) in [6.07, 6.45) is 0. The Balaban J connectivity index is 1.38. The Labute approximate surface area is 170 Å². The van der Waals surface area contributed by atoms with Crippen molar-refractivity contribution in [1.82, 2.24) is 9.97 Å². The number of benzene rings is 2. The molecule has 0 aliphatic heterocycles. The number of hydrogen-bond acceptors (Lipinski definition) is 6. The van der Waals surface area contributed by atoms with Crippen LogP contribution in [0.1, 0.15) is 26.8 Å². The number of halogens is 1. The Morgan fingerprint density at radius 3 is 2.69 bits per heavy atom. The van der Waals surface area contributed by atoms with Crippen molar-refractivity contribution in [2.24, 2.45) is 0 Å². The first kappa shape index (κ1) is 19.0. The zero-order chi connectivity index (χ0) is 20.2. The molecule has 0 amide bonds. The number of nitrogens with zero attached hydrogens (tertiary/aromatic N) is 2. The minimum Gasteiger partial charge on any atom is -0.486 e. The monoisotopic (exact) mass is 408 g/mol. The third kappa shape index (κ3) is 4.57. The second-order valence-corrected chi connectivity index (χ2v) is 7.32. The smallest absolute Gasteiger partial charge is 0.339 e. The van der Waals surface area contributed by atoms with Crippen molar-refractivity contribution in [3.63, 3.8) is 0 Å². The van der Waals surface area contributed by atoms with Crippen LogP contribution < -0.4 is 4.74 Å². The van der Waals surface area contributed by atoms with Crippen LogP contribution in [0.4, 0.5) is 4.39 Å². The molecule has 0 fully saturated rings. The fourth-order valence-electron chi connectivity index (χ4n) is 2.85. The molecule has 2 aromatic carbocycles. The lowest BCUT2D eigenvalue weighted by atomic mass is 10.1. The summed E-state index contributed by atoms with van der Waals surface area (Å²) in [6.45, 7) is 2.18. The van der Waals surface area contributed by atoms with Crippen LogP contribution in [0.5, 0.6) is 5.75 Å². The average Bonchev–Trinajstić information content (AvgIpc) is 3.19. The predicted molar refractivity (Wildman–Crippen MR) is 108 cm³/mol. The Bertz CT molecular complexity index is 1160. The van der Waals surface area contributed by atoms with Gasteiger partial charge in [-0.3, -0.25) is 4.98 Å². The number of thiazole rings is 1. The maximum absolute atomic E-state index is 12.9. The quantitative estimate of drug-likeness (QED) is 0.417. The van der Waals surface area contributed by atoms with E-state index in [1.807, 2.05) is 36.6 Å². The van der Waals surface area contributed by atoms with Gasteiger partial charge >= 0.3 is 5.97 Å². The summed E-state index contributed by atoms with van der Waals surface area (Å²) in [5, 5.41) is 3.33. The Morgan fingerprint density at radius 2 is 1.86 bits per heavy atom. The van der Waals surface area contributed by atoms with E-state index >= 15 is 0 Å². The number of ether oxygens (including phenoxy) is 2. The standard InChI is InChI=1S/C22H17FN2O3S/c1-14-10-19(18-4-2-3-5-20(18)24-14)22(26)28-11-16-13-29-21(25-16)12-27-17-8-6-15(23)7-9-17/h2-10,13H,11-12H2,1H3. The highest BCUT2D eigenvalue weighted by Gasteiger charge is 2.14. The molecule has 7 heteroatoms. The molecule has 4 rings (SSSR count). The van der Waals surface area contributed by atoms with Gasteiger partial charge in [0.1, 0.15) is 29.8 Å². The first-order valence-corrected chi connectivity index (χ1v) is 9.81. The third-order valence-corrected chi connectivity index (χ3v) is 5.06. The van der Waals surface area contributed by atoms with E-state index in [2.05, 4.69) is 9.97 Å². The lowest BCUT2D eigenvalue weighted by molar-refractivity contribution is 0.0470. The molecule has 4 aromatic rings. The maximum Gasteiger partial charge on any atom is 0.339 e. The number of hydrogen-bond donors (Lipinski definition) is 0. The highest BCUT2D eigenvalue weighted by Crippen LogP contribution is 2.20. The summed E-state index contributed by atoms with van der Waals surface area (Å²) < 4.78 is 24.0. The van der Waals surface area contributed by atoms with Gasteiger partial charge in [-0.1, -0.05) is 18.2 Å². The number of fused-ring (bicyclic) bond motifs is 1. The van der Waals surface area contributed by atoms with Gasteiger partial charge in [-0.15, -0.1) is 11.3 Å². The summed E-state index contributed by atoms with van der Waals surface area (Å²) in [5.41, 5.74) is 2.65. The molecule has 0 saturated carbocycles. The van der Waals surface area contributed by atoms with E-state index in [0.717, 1.165) is 21.6 Å². The van der Waals surface area contributed by atoms with Crippen LogP contribution in [0.15, 0.2) is 60.0 Å². The molecular formula is C22H17FN2O3S. The van der Waals surface area contributed by atoms with E-state index in [9.17, 15) is 9.18 Å². The molecule has 146 valence electrons. The molecule has 0 N–H and O–H groups in total. The van der Waals surface area contributed by atoms with Gasteiger partial charge in [0.2, 0.25) is 0 Å². The maximum atomic E-state index is 12.9. The van der Waals surface area contributed by atoms with E-state index in [1.54, 1.807) is 18.2 Å². The summed E-state index contributed by atoms with van der Waals surface area (Å²) in [6, 6.07) is 15.0. The molecule has 0 bridgehead atoms. The number of esters is 1. The highest BCUT2D eigenvalue weighted by atomic mass is 32.1. The zero-order valence-corrected chi connectivity index (χ0v) is 16.4. The van der Waals surface area contributed by atoms with Crippen LogP contribution in [-0.4, -0.2) is 15.9 Å². The number of aromatic nitrogens is 2. The van der Waals surface area contributed by atoms with Crippen molar-refractivity contribution in [3.05, 3.63) is 87.8 Å². The Hall–Kier alpha value is -3.32. The number of aryl methyl sites for hydroxylation is 1. The molecule has 5 nitrogen and oxygen atoms in total. The molecular weight excluding hydrogens is 391 g/mol. The lowest BCUT2D eigenvalue weighted by Gasteiger charge is -2.07. The van der Waals surface area contributed by atoms with Gasteiger partial charge in [-0.2, -0.15) is 0 Å². The summed E-state index contributed by atoms with van der Waals surface area (Å²) in [4.78, 5) is 21.5. The van der Waals surface area contributed by atoms with Crippen molar-refractivity contribution < 1.29 is 18.7 Å². The molecule has 29 heavy (non-hydrogen) atoms. The molecule has 0 saturated heterocycles. The molecule has 0 aliphatic carbocycles. The predicted octanol–water partition coefficient (Wildman–Crippen LogP) is 5.07. The minimum atomic E-state index is -0.413. The van der Waals surface area contributed by atoms with E-state index in [0.29, 0.717) is 17.0 Å². The van der Waals surface area contributed by atoms with Gasteiger partial charge in [0.25, 0.3) is 0 Å². The number of carbonyl (C=O) groups excluding carboxylic acids is 1. The number of carbonyl (C=O) groups is 1. The van der Waals surface area contributed by atoms with Crippen molar-refractivity contribution in [3.8, 4) is 5.75 Å². The van der Waals surface area contributed by atoms with Gasteiger partial charge in [0.15, 0.2) is 0 Å². The van der Waals surface area contributed by atoms with Crippen molar-refractivity contribution in [1.29, 1.82) is 0 Å². The van der Waals surface area contributed by atoms with Gasteiger partial charge in [-0.25, -0.2) is 14.2 Å². The van der Waals surface area contributed by atoms with Crippen LogP contribution >= 0.6 is 11.3 Å². The van der Waals surface area contributed by atoms with Crippen LogP contribution in [-0.2, 0) is 18.0 Å². The summed E-state index contributed by atoms with van der Waals surface area (Å²) >= 11 is 1.41. The van der Waals surface area contributed by atoms with Gasteiger partial charge < -0.3 is 9.47 Å². The van der Waals surface area contributed by atoms with Crippen molar-refractivity contribution in [2.75, 3.05) is 0 Å². The van der Waals surface area contributed by atoms with Crippen molar-refractivity contribution >= 4 is 28.2 Å².